The molecule has 0 aliphatic heterocycles. The maximum atomic E-state index is 12.4. The first-order valence-corrected chi connectivity index (χ1v) is 7.80. The van der Waals surface area contributed by atoms with Gasteiger partial charge in [-0.15, -0.1) is 0 Å². The number of carbonyl (C=O) groups excluding carboxylic acids is 1. The van der Waals surface area contributed by atoms with Crippen LogP contribution in [0.4, 0.5) is 0 Å². The van der Waals surface area contributed by atoms with Crippen LogP contribution in [0.5, 0.6) is 0 Å². The minimum atomic E-state index is -0.724. The summed E-state index contributed by atoms with van der Waals surface area (Å²) in [6.45, 7) is 0.878. The van der Waals surface area contributed by atoms with Crippen LogP contribution in [0.1, 0.15) is 51.4 Å². The summed E-state index contributed by atoms with van der Waals surface area (Å²) in [6.07, 6.45) is 7.52. The molecule has 2 rings (SSSR count). The Kier molecular flexibility index (Phi) is 5.02. The lowest BCUT2D eigenvalue weighted by Gasteiger charge is -2.31. The zero-order valence-electron chi connectivity index (χ0n) is 12.1. The number of hydrogen-bond acceptors (Lipinski definition) is 3. The highest BCUT2D eigenvalue weighted by molar-refractivity contribution is 5.83. The van der Waals surface area contributed by atoms with E-state index in [-0.39, 0.29) is 17.7 Å². The highest BCUT2D eigenvalue weighted by atomic mass is 16.4. The van der Waals surface area contributed by atoms with Crippen molar-refractivity contribution in [1.29, 1.82) is 0 Å². The summed E-state index contributed by atoms with van der Waals surface area (Å²) < 4.78 is 0. The molecule has 114 valence electrons. The molecule has 20 heavy (non-hydrogen) atoms. The van der Waals surface area contributed by atoms with Crippen molar-refractivity contribution in [3.63, 3.8) is 0 Å². The number of rotatable bonds is 5. The normalized spacial score (nSPS) is 29.1. The van der Waals surface area contributed by atoms with Gasteiger partial charge in [0.25, 0.3) is 0 Å². The van der Waals surface area contributed by atoms with Gasteiger partial charge >= 0.3 is 5.97 Å². The predicted molar refractivity (Wildman–Crippen MR) is 76.0 cm³/mol. The lowest BCUT2D eigenvalue weighted by molar-refractivity contribution is -0.145. The zero-order chi connectivity index (χ0) is 14.6. The fourth-order valence-electron chi connectivity index (χ4n) is 3.76. The van der Waals surface area contributed by atoms with Crippen molar-refractivity contribution in [3.8, 4) is 0 Å². The number of carbonyl (C=O) groups is 2. The Bertz CT molecular complexity index is 364. The van der Waals surface area contributed by atoms with Crippen LogP contribution in [-0.2, 0) is 9.59 Å². The third kappa shape index (κ3) is 3.14. The van der Waals surface area contributed by atoms with Crippen molar-refractivity contribution >= 4 is 11.9 Å². The smallest absolute Gasteiger partial charge is 0.306 e. The van der Waals surface area contributed by atoms with Crippen LogP contribution in [0, 0.1) is 17.3 Å². The lowest BCUT2D eigenvalue weighted by atomic mass is 9.78. The number of nitrogens with one attached hydrogen (secondary N) is 1. The zero-order valence-corrected chi connectivity index (χ0v) is 12.1. The summed E-state index contributed by atoms with van der Waals surface area (Å²) in [5.41, 5.74) is 5.40. The second-order valence-corrected chi connectivity index (χ2v) is 6.39. The number of hydrogen-bond donors (Lipinski definition) is 3. The Labute approximate surface area is 120 Å². The van der Waals surface area contributed by atoms with E-state index < -0.39 is 11.4 Å². The summed E-state index contributed by atoms with van der Waals surface area (Å²) in [6, 6.07) is 0. The van der Waals surface area contributed by atoms with Gasteiger partial charge in [-0.3, -0.25) is 9.59 Å². The molecular formula is C15H26N2O3. The molecule has 2 atom stereocenters. The molecule has 2 fully saturated rings. The third-order valence-corrected chi connectivity index (χ3v) is 5.18. The van der Waals surface area contributed by atoms with E-state index in [1.165, 1.54) is 0 Å². The molecule has 2 saturated carbocycles. The van der Waals surface area contributed by atoms with Gasteiger partial charge in [0.15, 0.2) is 0 Å². The maximum absolute atomic E-state index is 12.4. The largest absolute Gasteiger partial charge is 0.481 e. The number of carboxylic acid groups (broad SMARTS) is 1. The van der Waals surface area contributed by atoms with Crippen molar-refractivity contribution in [2.75, 3.05) is 13.1 Å². The number of carboxylic acids is 1. The van der Waals surface area contributed by atoms with Gasteiger partial charge in [0.1, 0.15) is 0 Å². The Morgan fingerprint density at radius 1 is 1.15 bits per heavy atom. The minimum Gasteiger partial charge on any atom is -0.481 e. The van der Waals surface area contributed by atoms with Crippen molar-refractivity contribution < 1.29 is 14.7 Å². The molecule has 1 amide bonds. The summed E-state index contributed by atoms with van der Waals surface area (Å²) in [4.78, 5) is 23.6. The van der Waals surface area contributed by atoms with Crippen LogP contribution in [0.3, 0.4) is 0 Å². The molecule has 0 aromatic rings. The van der Waals surface area contributed by atoms with Crippen molar-refractivity contribution in [3.05, 3.63) is 0 Å². The average Bonchev–Trinajstić information content (AvgIpc) is 2.95. The van der Waals surface area contributed by atoms with E-state index in [1.54, 1.807) is 0 Å². The van der Waals surface area contributed by atoms with E-state index in [4.69, 9.17) is 5.73 Å². The molecule has 2 unspecified atom stereocenters. The van der Waals surface area contributed by atoms with Crippen molar-refractivity contribution in [1.82, 2.24) is 5.32 Å². The fraction of sp³-hybridized carbons (Fsp3) is 0.867. The van der Waals surface area contributed by atoms with E-state index in [0.717, 1.165) is 51.4 Å². The van der Waals surface area contributed by atoms with E-state index in [2.05, 4.69) is 5.32 Å². The molecular weight excluding hydrogens is 256 g/mol. The highest BCUT2D eigenvalue weighted by Gasteiger charge is 2.40. The summed E-state index contributed by atoms with van der Waals surface area (Å²) in [7, 11) is 0. The number of nitrogens with two attached hydrogens (primary N) is 1. The van der Waals surface area contributed by atoms with Gasteiger partial charge < -0.3 is 16.2 Å². The van der Waals surface area contributed by atoms with E-state index in [1.807, 2.05) is 0 Å². The molecule has 0 radical (unpaired) electrons. The SMILES string of the molecule is NCC1(C(=O)NCC2CCCCC2C(=O)O)CCCC1. The van der Waals surface area contributed by atoms with E-state index in [0.29, 0.717) is 13.1 Å². The summed E-state index contributed by atoms with van der Waals surface area (Å²) in [5, 5.41) is 12.2. The van der Waals surface area contributed by atoms with Crippen molar-refractivity contribution in [2.45, 2.75) is 51.4 Å². The molecule has 0 aromatic heterocycles. The second kappa shape index (κ2) is 6.57. The van der Waals surface area contributed by atoms with Gasteiger partial charge in [0.2, 0.25) is 5.91 Å². The average molecular weight is 282 g/mol. The molecule has 0 bridgehead atoms. The van der Waals surface area contributed by atoms with Crippen LogP contribution in [0.15, 0.2) is 0 Å². The lowest BCUT2D eigenvalue weighted by Crippen LogP contribution is -2.47. The van der Waals surface area contributed by atoms with Gasteiger partial charge in [-0.25, -0.2) is 0 Å². The van der Waals surface area contributed by atoms with Crippen LogP contribution in [-0.4, -0.2) is 30.1 Å². The Balaban J connectivity index is 1.90. The van der Waals surface area contributed by atoms with E-state index in [9.17, 15) is 14.7 Å². The topological polar surface area (TPSA) is 92.4 Å². The van der Waals surface area contributed by atoms with Gasteiger partial charge in [-0.2, -0.15) is 0 Å². The first kappa shape index (κ1) is 15.3. The van der Waals surface area contributed by atoms with Crippen LogP contribution in [0.25, 0.3) is 0 Å². The third-order valence-electron chi connectivity index (χ3n) is 5.18. The second-order valence-electron chi connectivity index (χ2n) is 6.39. The van der Waals surface area contributed by atoms with Crippen LogP contribution in [0.2, 0.25) is 0 Å². The first-order valence-electron chi connectivity index (χ1n) is 7.80. The number of aliphatic carboxylic acids is 1. The standard InChI is InChI=1S/C15H26N2O3/c16-10-15(7-3-4-8-15)14(20)17-9-11-5-1-2-6-12(11)13(18)19/h11-12H,1-10,16H2,(H,17,20)(H,18,19). The molecule has 0 saturated heterocycles. The Morgan fingerprint density at radius 3 is 2.40 bits per heavy atom. The summed E-state index contributed by atoms with van der Waals surface area (Å²) >= 11 is 0. The molecule has 0 heterocycles. The fourth-order valence-corrected chi connectivity index (χ4v) is 3.76. The highest BCUT2D eigenvalue weighted by Crippen LogP contribution is 2.37. The molecule has 0 spiro atoms. The van der Waals surface area contributed by atoms with Crippen LogP contribution < -0.4 is 11.1 Å². The molecule has 4 N–H and O–H groups in total. The quantitative estimate of drug-likeness (QED) is 0.712. The number of amides is 1. The predicted octanol–water partition coefficient (Wildman–Crippen LogP) is 1.51. The first-order chi connectivity index (χ1) is 9.59. The molecule has 5 heteroatoms. The maximum Gasteiger partial charge on any atom is 0.306 e. The Hall–Kier alpha value is -1.10. The van der Waals surface area contributed by atoms with Gasteiger partial charge in [-0.1, -0.05) is 25.7 Å². The van der Waals surface area contributed by atoms with Gasteiger partial charge in [0, 0.05) is 13.1 Å². The minimum absolute atomic E-state index is 0.0345. The molecule has 2 aliphatic rings. The molecule has 5 nitrogen and oxygen atoms in total. The van der Waals surface area contributed by atoms with Gasteiger partial charge in [-0.05, 0) is 31.6 Å². The van der Waals surface area contributed by atoms with Crippen molar-refractivity contribution in [2.24, 2.45) is 23.0 Å². The monoisotopic (exact) mass is 282 g/mol. The van der Waals surface area contributed by atoms with E-state index >= 15 is 0 Å². The Morgan fingerprint density at radius 2 is 1.80 bits per heavy atom. The van der Waals surface area contributed by atoms with Gasteiger partial charge in [0.05, 0.1) is 11.3 Å². The summed E-state index contributed by atoms with van der Waals surface area (Å²) in [5.74, 6) is -0.923. The molecule has 2 aliphatic carbocycles. The van der Waals surface area contributed by atoms with Crippen LogP contribution >= 0.6 is 0 Å². The molecule has 0 aromatic carbocycles.